The van der Waals surface area contributed by atoms with E-state index in [4.69, 9.17) is 5.21 Å². The molecule has 0 aliphatic heterocycles. The normalized spacial score (nSPS) is 12.6. The second-order valence-corrected chi connectivity index (χ2v) is 4.38. The molecule has 19 heavy (non-hydrogen) atoms. The lowest BCUT2D eigenvalue weighted by molar-refractivity contribution is 0.296. The van der Waals surface area contributed by atoms with Crippen LogP contribution in [-0.4, -0.2) is 16.4 Å². The molecule has 106 valence electrons. The van der Waals surface area contributed by atoms with Gasteiger partial charge in [0.25, 0.3) is 0 Å². The number of hydrogen-bond donors (Lipinski definition) is 2. The highest BCUT2D eigenvalue weighted by Crippen LogP contribution is 2.13. The third-order valence-electron chi connectivity index (χ3n) is 2.89. The largest absolute Gasteiger partial charge is 0.733 e. The van der Waals surface area contributed by atoms with Crippen molar-refractivity contribution in [2.75, 3.05) is 10.7 Å². The maximum atomic E-state index is 10.6. The number of hydrogen-bond acceptors (Lipinski definition) is 6. The summed E-state index contributed by atoms with van der Waals surface area (Å²) in [6.45, 7) is 4.32. The molecular formula is C13H21N4O2-. The summed E-state index contributed by atoms with van der Waals surface area (Å²) in [6.07, 6.45) is 7.77. The maximum Gasteiger partial charge on any atom is 0.146 e. The first-order chi connectivity index (χ1) is 9.17. The molecule has 0 aliphatic carbocycles. The van der Waals surface area contributed by atoms with Gasteiger partial charge in [0.2, 0.25) is 0 Å². The van der Waals surface area contributed by atoms with Gasteiger partial charge in [0.15, 0.2) is 0 Å². The summed E-state index contributed by atoms with van der Waals surface area (Å²) in [6, 6.07) is 3.05. The summed E-state index contributed by atoms with van der Waals surface area (Å²) < 4.78 is 0. The van der Waals surface area contributed by atoms with Crippen LogP contribution >= 0.6 is 0 Å². The molecule has 1 heterocycles. The molecule has 1 unspecified atom stereocenters. The number of pyridine rings is 1. The summed E-state index contributed by atoms with van der Waals surface area (Å²) >= 11 is 0. The Morgan fingerprint density at radius 3 is 2.84 bits per heavy atom. The summed E-state index contributed by atoms with van der Waals surface area (Å²) in [4.78, 5) is 3.96. The molecule has 1 aromatic heterocycles. The van der Waals surface area contributed by atoms with Crippen LogP contribution in [0.25, 0.3) is 0 Å². The average molecular weight is 265 g/mol. The van der Waals surface area contributed by atoms with Gasteiger partial charge in [0.05, 0.1) is 11.9 Å². The quantitative estimate of drug-likeness (QED) is 0.556. The van der Waals surface area contributed by atoms with Crippen molar-refractivity contribution in [3.63, 3.8) is 0 Å². The number of nitrogens with zero attached hydrogens (tertiary/aromatic N) is 3. The maximum absolute atomic E-state index is 10.6. The van der Waals surface area contributed by atoms with E-state index in [1.54, 1.807) is 6.07 Å². The molecule has 0 bridgehead atoms. The SMILES string of the molecule is CCCCC(C=NNc1ccc(N([O-])O)cn1)CC. The standard InChI is InChI=1S/C13H21N4O2/c1-3-5-6-11(4-2)9-15-16-13-8-7-12(10-14-13)17(18)19/h7-11,18H,3-6H2,1-2H3,(H,14,16)/q-1. The van der Waals surface area contributed by atoms with Crippen LogP contribution in [0.5, 0.6) is 0 Å². The zero-order valence-corrected chi connectivity index (χ0v) is 11.4. The smallest absolute Gasteiger partial charge is 0.146 e. The van der Waals surface area contributed by atoms with Crippen molar-refractivity contribution >= 4 is 17.7 Å². The van der Waals surface area contributed by atoms with Crippen molar-refractivity contribution in [2.24, 2.45) is 11.0 Å². The molecule has 6 nitrogen and oxygen atoms in total. The van der Waals surface area contributed by atoms with Crippen molar-refractivity contribution in [2.45, 2.75) is 39.5 Å². The number of hydrazone groups is 1. The Morgan fingerprint density at radius 2 is 2.32 bits per heavy atom. The van der Waals surface area contributed by atoms with Crippen molar-refractivity contribution in [3.05, 3.63) is 23.5 Å². The Morgan fingerprint density at radius 1 is 1.53 bits per heavy atom. The Bertz CT molecular complexity index is 379. The van der Waals surface area contributed by atoms with E-state index in [0.29, 0.717) is 11.7 Å². The van der Waals surface area contributed by atoms with Gasteiger partial charge in [-0.25, -0.2) is 4.98 Å². The van der Waals surface area contributed by atoms with Gasteiger partial charge in [0.1, 0.15) is 5.82 Å². The molecule has 1 aromatic rings. The van der Waals surface area contributed by atoms with Gasteiger partial charge in [-0.15, -0.1) is 0 Å². The second-order valence-electron chi connectivity index (χ2n) is 4.38. The fourth-order valence-corrected chi connectivity index (χ4v) is 1.62. The highest BCUT2D eigenvalue weighted by Gasteiger charge is 2.01. The Kier molecular flexibility index (Phi) is 6.84. The van der Waals surface area contributed by atoms with Gasteiger partial charge in [-0.1, -0.05) is 26.7 Å². The molecule has 0 fully saturated rings. The number of anilines is 2. The first-order valence-corrected chi connectivity index (χ1v) is 6.58. The summed E-state index contributed by atoms with van der Waals surface area (Å²) in [5.41, 5.74) is 2.90. The molecule has 1 rings (SSSR count). The fourth-order valence-electron chi connectivity index (χ4n) is 1.62. The van der Waals surface area contributed by atoms with E-state index in [1.807, 2.05) is 6.21 Å². The van der Waals surface area contributed by atoms with E-state index in [9.17, 15) is 5.21 Å². The first-order valence-electron chi connectivity index (χ1n) is 6.58. The summed E-state index contributed by atoms with van der Waals surface area (Å²) in [5.74, 6) is 1.01. The van der Waals surface area contributed by atoms with Crippen molar-refractivity contribution in [1.29, 1.82) is 0 Å². The molecule has 0 saturated heterocycles. The zero-order chi connectivity index (χ0) is 14.1. The van der Waals surface area contributed by atoms with Crippen LogP contribution in [0, 0.1) is 11.1 Å². The minimum atomic E-state index is -0.224. The molecule has 0 radical (unpaired) electrons. The van der Waals surface area contributed by atoms with Crippen LogP contribution in [-0.2, 0) is 0 Å². The number of aromatic nitrogens is 1. The first kappa shape index (κ1) is 15.4. The topological polar surface area (TPSA) is 83.8 Å². The highest BCUT2D eigenvalue weighted by atomic mass is 16.8. The molecule has 0 amide bonds. The Hall–Kier alpha value is -1.66. The average Bonchev–Trinajstić information content (AvgIpc) is 2.43. The minimum Gasteiger partial charge on any atom is -0.733 e. The molecule has 0 aliphatic rings. The highest BCUT2D eigenvalue weighted by molar-refractivity contribution is 5.62. The number of unbranched alkanes of at least 4 members (excludes halogenated alkanes) is 1. The van der Waals surface area contributed by atoms with E-state index < -0.39 is 0 Å². The van der Waals surface area contributed by atoms with E-state index in [1.165, 1.54) is 25.1 Å². The van der Waals surface area contributed by atoms with Gasteiger partial charge < -0.3 is 10.4 Å². The molecule has 1 atom stereocenters. The summed E-state index contributed by atoms with van der Waals surface area (Å²) in [5, 5.41) is 23.2. The van der Waals surface area contributed by atoms with Crippen molar-refractivity contribution < 1.29 is 5.21 Å². The van der Waals surface area contributed by atoms with E-state index >= 15 is 0 Å². The van der Waals surface area contributed by atoms with Gasteiger partial charge in [-0.05, 0) is 30.9 Å². The van der Waals surface area contributed by atoms with Crippen molar-refractivity contribution in [1.82, 2.24) is 4.98 Å². The zero-order valence-electron chi connectivity index (χ0n) is 11.4. The minimum absolute atomic E-state index is 0.0870. The molecule has 0 saturated carbocycles. The van der Waals surface area contributed by atoms with Gasteiger partial charge >= 0.3 is 0 Å². The van der Waals surface area contributed by atoms with Crippen LogP contribution in [0.3, 0.4) is 0 Å². The molecule has 6 heteroatoms. The molecule has 2 N–H and O–H groups in total. The third kappa shape index (κ3) is 5.67. The number of rotatable bonds is 8. The summed E-state index contributed by atoms with van der Waals surface area (Å²) in [7, 11) is 0. The third-order valence-corrected chi connectivity index (χ3v) is 2.89. The van der Waals surface area contributed by atoms with Crippen LogP contribution in [0.15, 0.2) is 23.4 Å². The van der Waals surface area contributed by atoms with Crippen LogP contribution in [0.4, 0.5) is 11.5 Å². The fraction of sp³-hybridized carbons (Fsp3) is 0.538. The molecule has 0 aromatic carbocycles. The van der Waals surface area contributed by atoms with Crippen LogP contribution < -0.4 is 10.7 Å². The predicted molar refractivity (Wildman–Crippen MR) is 77.3 cm³/mol. The molecular weight excluding hydrogens is 244 g/mol. The second kappa shape index (κ2) is 8.44. The lowest BCUT2D eigenvalue weighted by Gasteiger charge is -2.20. The Labute approximate surface area is 113 Å². The van der Waals surface area contributed by atoms with E-state index in [-0.39, 0.29) is 10.9 Å². The lowest BCUT2D eigenvalue weighted by atomic mass is 10.0. The van der Waals surface area contributed by atoms with Gasteiger partial charge in [0, 0.05) is 6.21 Å². The van der Waals surface area contributed by atoms with Gasteiger partial charge in [-0.2, -0.15) is 5.10 Å². The molecule has 0 spiro atoms. The Balaban J connectivity index is 2.46. The van der Waals surface area contributed by atoms with Crippen molar-refractivity contribution in [3.8, 4) is 0 Å². The van der Waals surface area contributed by atoms with Crippen LogP contribution in [0.1, 0.15) is 39.5 Å². The van der Waals surface area contributed by atoms with Crippen LogP contribution in [0.2, 0.25) is 0 Å². The number of nitrogens with one attached hydrogen (secondary N) is 1. The lowest BCUT2D eigenvalue weighted by Crippen LogP contribution is -2.07. The van der Waals surface area contributed by atoms with E-state index in [2.05, 4.69) is 29.4 Å². The monoisotopic (exact) mass is 265 g/mol. The van der Waals surface area contributed by atoms with Gasteiger partial charge in [-0.3, -0.25) is 10.6 Å². The van der Waals surface area contributed by atoms with E-state index in [0.717, 1.165) is 12.8 Å². The predicted octanol–water partition coefficient (Wildman–Crippen LogP) is 3.39.